The van der Waals surface area contributed by atoms with Gasteiger partial charge in [-0.05, 0) is 31.4 Å². The molecule has 2 aromatic heterocycles. The van der Waals surface area contributed by atoms with Crippen LogP contribution < -0.4 is 14.7 Å². The van der Waals surface area contributed by atoms with Crippen LogP contribution in [0.4, 0.5) is 17.5 Å². The number of piperidine rings is 1. The normalized spacial score (nSPS) is 18.8. The first-order chi connectivity index (χ1) is 11.9. The minimum atomic E-state index is 0.813. The lowest BCUT2D eigenvalue weighted by Gasteiger charge is -2.38. The van der Waals surface area contributed by atoms with E-state index in [1.165, 1.54) is 24.9 Å². The molecular formula is C17H23N7. The third kappa shape index (κ3) is 3.11. The topological polar surface area (TPSA) is 61.3 Å². The molecule has 0 atom stereocenters. The fourth-order valence-corrected chi connectivity index (χ4v) is 3.50. The van der Waals surface area contributed by atoms with Gasteiger partial charge in [0.2, 0.25) is 5.95 Å². The van der Waals surface area contributed by atoms with E-state index < -0.39 is 0 Å². The molecule has 0 saturated carbocycles. The van der Waals surface area contributed by atoms with Gasteiger partial charge in [0.05, 0.1) is 11.9 Å². The summed E-state index contributed by atoms with van der Waals surface area (Å²) in [7, 11) is 0. The monoisotopic (exact) mass is 325 g/mol. The Morgan fingerprint density at radius 2 is 1.42 bits per heavy atom. The van der Waals surface area contributed by atoms with Crippen LogP contribution in [0.5, 0.6) is 0 Å². The van der Waals surface area contributed by atoms with Crippen molar-refractivity contribution in [2.75, 3.05) is 54.0 Å². The Hall–Kier alpha value is -2.44. The van der Waals surface area contributed by atoms with Crippen molar-refractivity contribution >= 4 is 17.5 Å². The van der Waals surface area contributed by atoms with E-state index in [9.17, 15) is 0 Å². The summed E-state index contributed by atoms with van der Waals surface area (Å²) in [5.74, 6) is 1.83. The molecule has 0 N–H and O–H groups in total. The molecule has 2 saturated heterocycles. The maximum absolute atomic E-state index is 4.46. The zero-order valence-corrected chi connectivity index (χ0v) is 13.9. The Morgan fingerprint density at radius 3 is 2.17 bits per heavy atom. The van der Waals surface area contributed by atoms with Gasteiger partial charge in [-0.2, -0.15) is 5.10 Å². The predicted molar refractivity (Wildman–Crippen MR) is 94.6 cm³/mol. The Balaban J connectivity index is 1.48. The quantitative estimate of drug-likeness (QED) is 0.849. The second kappa shape index (κ2) is 6.98. The SMILES string of the molecule is c1cnc(N2CCN(c3nnccc3N3CCCCC3)CC2)nc1. The Kier molecular flexibility index (Phi) is 4.40. The molecule has 0 unspecified atom stereocenters. The molecule has 4 heterocycles. The van der Waals surface area contributed by atoms with Gasteiger partial charge in [-0.1, -0.05) is 0 Å². The first kappa shape index (κ1) is 15.1. The van der Waals surface area contributed by atoms with Gasteiger partial charge < -0.3 is 14.7 Å². The molecule has 24 heavy (non-hydrogen) atoms. The van der Waals surface area contributed by atoms with Crippen LogP contribution in [0.15, 0.2) is 30.7 Å². The van der Waals surface area contributed by atoms with Crippen molar-refractivity contribution in [1.82, 2.24) is 20.2 Å². The lowest BCUT2D eigenvalue weighted by Crippen LogP contribution is -2.48. The van der Waals surface area contributed by atoms with Crippen LogP contribution in [-0.4, -0.2) is 59.4 Å². The van der Waals surface area contributed by atoms with E-state index in [1.54, 1.807) is 12.4 Å². The fourth-order valence-electron chi connectivity index (χ4n) is 3.50. The highest BCUT2D eigenvalue weighted by Crippen LogP contribution is 2.29. The van der Waals surface area contributed by atoms with E-state index in [1.807, 2.05) is 12.3 Å². The molecule has 0 radical (unpaired) electrons. The zero-order chi connectivity index (χ0) is 16.2. The number of nitrogens with zero attached hydrogens (tertiary/aromatic N) is 7. The average Bonchev–Trinajstić information content (AvgIpc) is 2.69. The molecule has 0 spiro atoms. The maximum Gasteiger partial charge on any atom is 0.225 e. The minimum Gasteiger partial charge on any atom is -0.368 e. The van der Waals surface area contributed by atoms with Gasteiger partial charge in [0.1, 0.15) is 0 Å². The van der Waals surface area contributed by atoms with Crippen LogP contribution in [0.2, 0.25) is 0 Å². The highest BCUT2D eigenvalue weighted by atomic mass is 15.4. The number of piperazine rings is 1. The molecule has 2 aliphatic heterocycles. The largest absolute Gasteiger partial charge is 0.368 e. The van der Waals surface area contributed by atoms with E-state index >= 15 is 0 Å². The molecule has 2 fully saturated rings. The van der Waals surface area contributed by atoms with Crippen LogP contribution >= 0.6 is 0 Å². The predicted octanol–water partition coefficient (Wildman–Crippen LogP) is 1.58. The molecule has 7 nitrogen and oxygen atoms in total. The van der Waals surface area contributed by atoms with Crippen LogP contribution in [0.3, 0.4) is 0 Å². The van der Waals surface area contributed by atoms with E-state index in [2.05, 4.69) is 40.9 Å². The molecule has 126 valence electrons. The molecular weight excluding hydrogens is 302 g/mol. The Morgan fingerprint density at radius 1 is 0.708 bits per heavy atom. The van der Waals surface area contributed by atoms with Crippen LogP contribution in [0, 0.1) is 0 Å². The summed E-state index contributed by atoms with van der Waals surface area (Å²) in [6, 6.07) is 3.96. The van der Waals surface area contributed by atoms with Crippen LogP contribution in [-0.2, 0) is 0 Å². The lowest BCUT2D eigenvalue weighted by molar-refractivity contribution is 0.573. The van der Waals surface area contributed by atoms with Gasteiger partial charge in [-0.3, -0.25) is 0 Å². The van der Waals surface area contributed by atoms with Gasteiger partial charge in [-0.15, -0.1) is 5.10 Å². The number of anilines is 3. The molecule has 0 aliphatic carbocycles. The number of hydrogen-bond acceptors (Lipinski definition) is 7. The Labute approximate surface area is 142 Å². The third-order valence-corrected chi connectivity index (χ3v) is 4.79. The molecule has 0 bridgehead atoms. The average molecular weight is 325 g/mol. The number of hydrogen-bond donors (Lipinski definition) is 0. The maximum atomic E-state index is 4.46. The van der Waals surface area contributed by atoms with E-state index in [0.29, 0.717) is 0 Å². The second-order valence-corrected chi connectivity index (χ2v) is 6.31. The van der Waals surface area contributed by atoms with Crippen molar-refractivity contribution in [2.24, 2.45) is 0 Å². The van der Waals surface area contributed by atoms with Gasteiger partial charge in [-0.25, -0.2) is 9.97 Å². The lowest BCUT2D eigenvalue weighted by atomic mass is 10.1. The van der Waals surface area contributed by atoms with Gasteiger partial charge >= 0.3 is 0 Å². The highest BCUT2D eigenvalue weighted by Gasteiger charge is 2.24. The van der Waals surface area contributed by atoms with Crippen molar-refractivity contribution in [3.8, 4) is 0 Å². The van der Waals surface area contributed by atoms with E-state index in [4.69, 9.17) is 0 Å². The second-order valence-electron chi connectivity index (χ2n) is 6.31. The Bertz CT molecular complexity index is 649. The van der Waals surface area contributed by atoms with Crippen LogP contribution in [0.1, 0.15) is 19.3 Å². The van der Waals surface area contributed by atoms with Gasteiger partial charge in [0, 0.05) is 51.7 Å². The summed E-state index contributed by atoms with van der Waals surface area (Å²) in [6.07, 6.45) is 9.26. The van der Waals surface area contributed by atoms with Crippen molar-refractivity contribution in [1.29, 1.82) is 0 Å². The number of rotatable bonds is 3. The zero-order valence-electron chi connectivity index (χ0n) is 13.9. The van der Waals surface area contributed by atoms with E-state index in [-0.39, 0.29) is 0 Å². The summed E-state index contributed by atoms with van der Waals surface area (Å²) in [5.41, 5.74) is 1.23. The van der Waals surface area contributed by atoms with Crippen molar-refractivity contribution in [2.45, 2.75) is 19.3 Å². The molecule has 0 amide bonds. The van der Waals surface area contributed by atoms with Crippen molar-refractivity contribution in [3.63, 3.8) is 0 Å². The summed E-state index contributed by atoms with van der Waals surface area (Å²) in [5, 5.41) is 8.60. The van der Waals surface area contributed by atoms with Crippen molar-refractivity contribution in [3.05, 3.63) is 30.7 Å². The molecule has 4 rings (SSSR count). The highest BCUT2D eigenvalue weighted by molar-refractivity contribution is 5.67. The minimum absolute atomic E-state index is 0.813. The smallest absolute Gasteiger partial charge is 0.225 e. The summed E-state index contributed by atoms with van der Waals surface area (Å²) >= 11 is 0. The van der Waals surface area contributed by atoms with Crippen molar-refractivity contribution < 1.29 is 0 Å². The molecule has 2 aliphatic rings. The summed E-state index contributed by atoms with van der Waals surface area (Å²) < 4.78 is 0. The summed E-state index contributed by atoms with van der Waals surface area (Å²) in [4.78, 5) is 15.7. The van der Waals surface area contributed by atoms with E-state index in [0.717, 1.165) is 51.0 Å². The fraction of sp³-hybridized carbons (Fsp3) is 0.529. The van der Waals surface area contributed by atoms with Gasteiger partial charge in [0.25, 0.3) is 0 Å². The molecule has 0 aromatic carbocycles. The third-order valence-electron chi connectivity index (χ3n) is 4.79. The first-order valence-electron chi connectivity index (χ1n) is 8.75. The number of aromatic nitrogens is 4. The molecule has 2 aromatic rings. The molecule has 7 heteroatoms. The van der Waals surface area contributed by atoms with Gasteiger partial charge in [0.15, 0.2) is 5.82 Å². The standard InChI is InChI=1S/C17H23N7/c1-2-9-22(10-3-1)15-5-8-20-21-16(15)23-11-13-24(14-12-23)17-18-6-4-7-19-17/h4-8H,1-3,9-14H2. The first-order valence-corrected chi connectivity index (χ1v) is 8.75. The van der Waals surface area contributed by atoms with Crippen LogP contribution in [0.25, 0.3) is 0 Å². The summed E-state index contributed by atoms with van der Waals surface area (Å²) in [6.45, 7) is 5.88.